The number of carboxylic acid groups (broad SMARTS) is 1. The van der Waals surface area contributed by atoms with Crippen molar-refractivity contribution in [1.82, 2.24) is 0 Å². The molecule has 1 rings (SSSR count). The van der Waals surface area contributed by atoms with E-state index >= 15 is 0 Å². The van der Waals surface area contributed by atoms with E-state index in [-0.39, 0.29) is 10.6 Å². The summed E-state index contributed by atoms with van der Waals surface area (Å²) in [7, 11) is -2.86. The molecule has 0 atom stereocenters. The van der Waals surface area contributed by atoms with Gasteiger partial charge in [0.1, 0.15) is 5.00 Å². The Balaban J connectivity index is 3.19. The summed E-state index contributed by atoms with van der Waals surface area (Å²) in [4.78, 5) is 22.8. The van der Waals surface area contributed by atoms with Crippen molar-refractivity contribution >= 4 is 38.3 Å². The highest BCUT2D eigenvalue weighted by molar-refractivity contribution is 7.93. The number of nitrogens with one attached hydrogen (secondary N) is 1. The molecule has 0 aliphatic carbocycles. The van der Waals surface area contributed by atoms with Gasteiger partial charge in [-0.25, -0.2) is 13.2 Å². The highest BCUT2D eigenvalue weighted by Crippen LogP contribution is 2.33. The van der Waals surface area contributed by atoms with Gasteiger partial charge in [0.15, 0.2) is 5.75 Å². The van der Waals surface area contributed by atoms with Crippen LogP contribution in [0.25, 0.3) is 0 Å². The van der Waals surface area contributed by atoms with Crippen molar-refractivity contribution in [1.29, 1.82) is 0 Å². The van der Waals surface area contributed by atoms with Crippen molar-refractivity contribution in [3.63, 3.8) is 0 Å². The van der Waals surface area contributed by atoms with Crippen LogP contribution in [0.4, 0.5) is 5.00 Å². The second-order valence-corrected chi connectivity index (χ2v) is 6.68. The fourth-order valence-electron chi connectivity index (χ4n) is 1.39. The maximum Gasteiger partial charge on any atom is 0.341 e. The summed E-state index contributed by atoms with van der Waals surface area (Å²) in [5, 5.41) is 8.58. The van der Waals surface area contributed by atoms with Gasteiger partial charge in [-0.3, -0.25) is 9.52 Å². The quantitative estimate of drug-likeness (QED) is 0.785. The molecule has 0 aromatic carbocycles. The molecule has 1 aromatic heterocycles. The SMILES string of the molecule is COC(=O)c1c(NS(=O)(=O)CC(=O)O)sc(C)c1C. The predicted molar refractivity (Wildman–Crippen MR) is 70.2 cm³/mol. The summed E-state index contributed by atoms with van der Waals surface area (Å²) < 4.78 is 29.8. The third-order valence-corrected chi connectivity index (χ3v) is 4.73. The van der Waals surface area contributed by atoms with E-state index in [1.165, 1.54) is 7.11 Å². The number of hydrogen-bond acceptors (Lipinski definition) is 6. The van der Waals surface area contributed by atoms with Gasteiger partial charge in [0.05, 0.1) is 12.7 Å². The molecule has 2 N–H and O–H groups in total. The van der Waals surface area contributed by atoms with Crippen molar-refractivity contribution in [2.24, 2.45) is 0 Å². The molecule has 0 aliphatic heterocycles. The lowest BCUT2D eigenvalue weighted by atomic mass is 10.2. The minimum Gasteiger partial charge on any atom is -0.480 e. The first-order valence-electron chi connectivity index (χ1n) is 5.08. The van der Waals surface area contributed by atoms with Crippen LogP contribution in [0.3, 0.4) is 0 Å². The zero-order valence-corrected chi connectivity index (χ0v) is 12.1. The van der Waals surface area contributed by atoms with Gasteiger partial charge >= 0.3 is 11.9 Å². The maximum atomic E-state index is 11.6. The number of ether oxygens (including phenoxy) is 1. The number of aliphatic carboxylic acids is 1. The summed E-state index contributed by atoms with van der Waals surface area (Å²) >= 11 is 1.05. The third-order valence-electron chi connectivity index (χ3n) is 2.34. The molecule has 0 unspecified atom stereocenters. The van der Waals surface area contributed by atoms with Crippen LogP contribution in [-0.2, 0) is 19.6 Å². The fraction of sp³-hybridized carbons (Fsp3) is 0.400. The van der Waals surface area contributed by atoms with Gasteiger partial charge in [0, 0.05) is 4.88 Å². The number of esters is 1. The smallest absolute Gasteiger partial charge is 0.341 e. The van der Waals surface area contributed by atoms with Crippen LogP contribution >= 0.6 is 11.3 Å². The molecular weight excluding hydrogens is 294 g/mol. The molecule has 1 aromatic rings. The Kier molecular flexibility index (Phi) is 4.53. The standard InChI is InChI=1S/C10H13NO6S2/c1-5-6(2)18-9(8(5)10(14)17-3)11-19(15,16)4-7(12)13/h11H,4H2,1-3H3,(H,12,13). The molecule has 0 bridgehead atoms. The largest absolute Gasteiger partial charge is 0.480 e. The van der Waals surface area contributed by atoms with E-state index in [9.17, 15) is 18.0 Å². The van der Waals surface area contributed by atoms with E-state index in [0.29, 0.717) is 5.56 Å². The van der Waals surface area contributed by atoms with Crippen molar-refractivity contribution < 1.29 is 27.9 Å². The number of sulfonamides is 1. The molecule has 0 amide bonds. The molecule has 0 spiro atoms. The van der Waals surface area contributed by atoms with Crippen LogP contribution < -0.4 is 4.72 Å². The van der Waals surface area contributed by atoms with E-state index in [1.807, 2.05) is 0 Å². The van der Waals surface area contributed by atoms with Gasteiger partial charge in [0.25, 0.3) is 0 Å². The average molecular weight is 307 g/mol. The predicted octanol–water partition coefficient (Wildman–Crippen LogP) is 0.978. The number of thiophene rings is 1. The van der Waals surface area contributed by atoms with Crippen LogP contribution in [0.15, 0.2) is 0 Å². The highest BCUT2D eigenvalue weighted by atomic mass is 32.2. The van der Waals surface area contributed by atoms with Gasteiger partial charge < -0.3 is 9.84 Å². The van der Waals surface area contributed by atoms with Crippen LogP contribution in [-0.4, -0.2) is 38.3 Å². The number of anilines is 1. The lowest BCUT2D eigenvalue weighted by molar-refractivity contribution is -0.134. The maximum absolute atomic E-state index is 11.6. The molecule has 9 heteroatoms. The molecule has 7 nitrogen and oxygen atoms in total. The number of carbonyl (C=O) groups is 2. The van der Waals surface area contributed by atoms with Crippen molar-refractivity contribution in [2.75, 3.05) is 17.6 Å². The van der Waals surface area contributed by atoms with Crippen LogP contribution in [0, 0.1) is 13.8 Å². The first-order chi connectivity index (χ1) is 8.68. The Morgan fingerprint density at radius 3 is 2.42 bits per heavy atom. The van der Waals surface area contributed by atoms with E-state index in [0.717, 1.165) is 16.2 Å². The normalized spacial score (nSPS) is 11.1. The van der Waals surface area contributed by atoms with E-state index < -0.39 is 27.7 Å². The summed E-state index contributed by atoms with van der Waals surface area (Å²) in [6.07, 6.45) is 0. The number of hydrogen-bond donors (Lipinski definition) is 2. The van der Waals surface area contributed by atoms with Gasteiger partial charge in [0.2, 0.25) is 10.0 Å². The van der Waals surface area contributed by atoms with Crippen LogP contribution in [0.2, 0.25) is 0 Å². The first kappa shape index (κ1) is 15.4. The molecular formula is C10H13NO6S2. The Labute approximate surface area is 114 Å². The highest BCUT2D eigenvalue weighted by Gasteiger charge is 2.24. The number of carboxylic acids is 1. The van der Waals surface area contributed by atoms with Gasteiger partial charge in [-0.05, 0) is 19.4 Å². The summed E-state index contributed by atoms with van der Waals surface area (Å²) in [5.41, 5.74) is 0.712. The molecule has 106 valence electrons. The number of rotatable bonds is 5. The summed E-state index contributed by atoms with van der Waals surface area (Å²) in [6.45, 7) is 3.38. The Bertz CT molecular complexity index is 616. The zero-order valence-electron chi connectivity index (χ0n) is 10.5. The minimum atomic E-state index is -4.05. The van der Waals surface area contributed by atoms with Crippen molar-refractivity contribution in [2.45, 2.75) is 13.8 Å². The van der Waals surface area contributed by atoms with Crippen molar-refractivity contribution in [3.05, 3.63) is 16.0 Å². The molecule has 0 radical (unpaired) electrons. The van der Waals surface area contributed by atoms with E-state index in [4.69, 9.17) is 5.11 Å². The lowest BCUT2D eigenvalue weighted by Crippen LogP contribution is -2.23. The lowest BCUT2D eigenvalue weighted by Gasteiger charge is -2.06. The van der Waals surface area contributed by atoms with Crippen molar-refractivity contribution in [3.8, 4) is 0 Å². The number of carbonyl (C=O) groups excluding carboxylic acids is 1. The monoisotopic (exact) mass is 307 g/mol. The van der Waals surface area contributed by atoms with E-state index in [1.54, 1.807) is 13.8 Å². The molecule has 0 aliphatic rings. The van der Waals surface area contributed by atoms with Gasteiger partial charge in [-0.1, -0.05) is 0 Å². The molecule has 0 saturated carbocycles. The number of aryl methyl sites for hydroxylation is 1. The summed E-state index contributed by atoms with van der Waals surface area (Å²) in [5.74, 6) is -3.21. The van der Waals surface area contributed by atoms with Gasteiger partial charge in [-0.2, -0.15) is 0 Å². The van der Waals surface area contributed by atoms with Crippen LogP contribution in [0.5, 0.6) is 0 Å². The minimum absolute atomic E-state index is 0.0723. The molecule has 0 saturated heterocycles. The fourth-order valence-corrected chi connectivity index (χ4v) is 3.62. The summed E-state index contributed by atoms with van der Waals surface area (Å²) in [6, 6.07) is 0. The molecule has 0 fully saturated rings. The van der Waals surface area contributed by atoms with Gasteiger partial charge in [-0.15, -0.1) is 11.3 Å². The molecule has 19 heavy (non-hydrogen) atoms. The third kappa shape index (κ3) is 3.67. The second-order valence-electron chi connectivity index (χ2n) is 3.73. The Morgan fingerprint density at radius 2 is 1.95 bits per heavy atom. The Morgan fingerprint density at radius 1 is 1.37 bits per heavy atom. The van der Waals surface area contributed by atoms with E-state index in [2.05, 4.69) is 9.46 Å². The zero-order chi connectivity index (χ0) is 14.8. The topological polar surface area (TPSA) is 110 Å². The van der Waals surface area contributed by atoms with Crippen LogP contribution in [0.1, 0.15) is 20.8 Å². The number of methoxy groups -OCH3 is 1. The first-order valence-corrected chi connectivity index (χ1v) is 7.55. The molecule has 1 heterocycles. The average Bonchev–Trinajstić information content (AvgIpc) is 2.50. The second kappa shape index (κ2) is 5.57. The Hall–Kier alpha value is -1.61.